The molecule has 1 aliphatic heterocycles. The second kappa shape index (κ2) is 3.98. The summed E-state index contributed by atoms with van der Waals surface area (Å²) in [5.74, 6) is -0.223. The molecule has 0 aromatic carbocycles. The topological polar surface area (TPSA) is 37.4 Å². The van der Waals surface area contributed by atoms with Gasteiger partial charge in [0.1, 0.15) is 0 Å². The summed E-state index contributed by atoms with van der Waals surface area (Å²) in [7, 11) is 5.26. The van der Waals surface area contributed by atoms with Gasteiger partial charge in [-0.2, -0.15) is 0 Å². The van der Waals surface area contributed by atoms with E-state index in [4.69, 9.17) is 7.12 Å². The molecule has 12 heavy (non-hydrogen) atoms. The lowest BCUT2D eigenvalue weighted by Crippen LogP contribution is -2.31. The third-order valence-electron chi connectivity index (χ3n) is 1.81. The molecule has 0 aromatic rings. The maximum absolute atomic E-state index is 11.3. The molecule has 1 heterocycles. The predicted molar refractivity (Wildman–Crippen MR) is 48.8 cm³/mol. The molecule has 1 fully saturated rings. The van der Waals surface area contributed by atoms with Crippen LogP contribution in [-0.4, -0.2) is 35.6 Å². The highest BCUT2D eigenvalue weighted by Crippen LogP contribution is 2.22. The Kier molecular flexibility index (Phi) is 3.20. The van der Waals surface area contributed by atoms with Gasteiger partial charge in [-0.1, -0.05) is 6.92 Å². The van der Waals surface area contributed by atoms with Crippen LogP contribution < -0.4 is 0 Å². The van der Waals surface area contributed by atoms with Gasteiger partial charge in [-0.15, -0.1) is 0 Å². The van der Waals surface area contributed by atoms with Crippen LogP contribution in [0, 0.1) is 0 Å². The standard InChI is InChI=1S/C7H10BNO2S/c1-2-3-9-6(10)4-5(12-8)7(9)11/h5H,2-4H2,1H3. The van der Waals surface area contributed by atoms with Crippen molar-refractivity contribution in [2.75, 3.05) is 6.54 Å². The van der Waals surface area contributed by atoms with Crippen molar-refractivity contribution in [2.24, 2.45) is 0 Å². The summed E-state index contributed by atoms with van der Waals surface area (Å²) in [5, 5.41) is -0.343. The van der Waals surface area contributed by atoms with Gasteiger partial charge in [0.2, 0.25) is 11.8 Å². The minimum atomic E-state index is -0.343. The number of amides is 2. The molecular weight excluding hydrogens is 173 g/mol. The maximum atomic E-state index is 11.3. The Morgan fingerprint density at radius 2 is 2.33 bits per heavy atom. The Hall–Kier alpha value is -0.445. The Balaban J connectivity index is 2.64. The van der Waals surface area contributed by atoms with Crippen LogP contribution in [0.1, 0.15) is 19.8 Å². The molecule has 3 nitrogen and oxygen atoms in total. The third-order valence-corrected chi connectivity index (χ3v) is 2.51. The Labute approximate surface area is 77.2 Å². The van der Waals surface area contributed by atoms with Crippen LogP contribution in [0.25, 0.3) is 0 Å². The summed E-state index contributed by atoms with van der Waals surface area (Å²) < 4.78 is 0. The zero-order valence-electron chi connectivity index (χ0n) is 6.95. The molecule has 0 spiro atoms. The first kappa shape index (κ1) is 9.64. The van der Waals surface area contributed by atoms with E-state index in [9.17, 15) is 9.59 Å². The Morgan fingerprint density at radius 3 is 2.75 bits per heavy atom. The highest BCUT2D eigenvalue weighted by molar-refractivity contribution is 8.20. The lowest BCUT2D eigenvalue weighted by molar-refractivity contribution is -0.138. The zero-order chi connectivity index (χ0) is 9.14. The molecule has 5 heteroatoms. The molecule has 2 amide bonds. The fraction of sp³-hybridized carbons (Fsp3) is 0.714. The minimum Gasteiger partial charge on any atom is -0.282 e. The van der Waals surface area contributed by atoms with Gasteiger partial charge in [-0.25, -0.2) is 11.6 Å². The smallest absolute Gasteiger partial charge is 0.241 e. The van der Waals surface area contributed by atoms with Crippen molar-refractivity contribution in [3.05, 3.63) is 0 Å². The summed E-state index contributed by atoms with van der Waals surface area (Å²) in [6, 6.07) is 0. The molecule has 1 rings (SSSR count). The average molecular weight is 183 g/mol. The molecule has 0 N–H and O–H groups in total. The van der Waals surface area contributed by atoms with Gasteiger partial charge in [0.15, 0.2) is 7.12 Å². The molecule has 0 saturated carbocycles. The SMILES string of the molecule is [B]SC1CC(=O)N(CCC)C1=O. The predicted octanol–water partition coefficient (Wildman–Crippen LogP) is 0.341. The average Bonchev–Trinajstić information content (AvgIpc) is 2.32. The number of nitrogens with zero attached hydrogens (tertiary/aromatic N) is 1. The van der Waals surface area contributed by atoms with E-state index in [0.29, 0.717) is 6.54 Å². The number of carbonyl (C=O) groups is 2. The van der Waals surface area contributed by atoms with Crippen molar-refractivity contribution in [1.82, 2.24) is 4.90 Å². The summed E-state index contributed by atoms with van der Waals surface area (Å²) in [5.41, 5.74) is 0. The molecule has 2 radical (unpaired) electrons. The molecular formula is C7H10BNO2S. The molecule has 1 unspecified atom stereocenters. The monoisotopic (exact) mass is 183 g/mol. The zero-order valence-corrected chi connectivity index (χ0v) is 7.76. The summed E-state index contributed by atoms with van der Waals surface area (Å²) in [6.07, 6.45) is 1.07. The fourth-order valence-corrected chi connectivity index (χ4v) is 1.70. The molecule has 0 aromatic heterocycles. The van der Waals surface area contributed by atoms with E-state index in [-0.39, 0.29) is 23.5 Å². The highest BCUT2D eigenvalue weighted by Gasteiger charge is 2.36. The molecule has 1 saturated heterocycles. The van der Waals surface area contributed by atoms with Crippen molar-refractivity contribution < 1.29 is 9.59 Å². The van der Waals surface area contributed by atoms with Gasteiger partial charge in [0, 0.05) is 13.0 Å². The number of likely N-dealkylation sites (tertiary alicyclic amines) is 1. The number of rotatable bonds is 3. The van der Waals surface area contributed by atoms with Gasteiger partial charge in [-0.05, 0) is 6.42 Å². The van der Waals surface area contributed by atoms with E-state index < -0.39 is 0 Å². The molecule has 0 bridgehead atoms. The van der Waals surface area contributed by atoms with Crippen molar-refractivity contribution in [2.45, 2.75) is 25.0 Å². The first-order valence-electron chi connectivity index (χ1n) is 3.90. The van der Waals surface area contributed by atoms with Crippen LogP contribution in [0.3, 0.4) is 0 Å². The van der Waals surface area contributed by atoms with Crippen LogP contribution in [0.15, 0.2) is 0 Å². The molecule has 1 atom stereocenters. The van der Waals surface area contributed by atoms with Gasteiger partial charge in [0.05, 0.1) is 5.25 Å². The number of hydrogen-bond acceptors (Lipinski definition) is 3. The quantitative estimate of drug-likeness (QED) is 0.467. The van der Waals surface area contributed by atoms with E-state index in [1.807, 2.05) is 6.92 Å². The summed E-state index contributed by atoms with van der Waals surface area (Å²) in [4.78, 5) is 23.8. The van der Waals surface area contributed by atoms with Gasteiger partial charge < -0.3 is 0 Å². The van der Waals surface area contributed by atoms with E-state index in [2.05, 4.69) is 0 Å². The second-order valence-corrected chi connectivity index (χ2v) is 3.55. The third kappa shape index (κ3) is 1.66. The van der Waals surface area contributed by atoms with Crippen LogP contribution in [-0.2, 0) is 9.59 Å². The van der Waals surface area contributed by atoms with Crippen molar-refractivity contribution >= 4 is 30.6 Å². The number of carbonyl (C=O) groups excluding carboxylic acids is 2. The number of imide groups is 1. The van der Waals surface area contributed by atoms with Crippen molar-refractivity contribution in [3.8, 4) is 0 Å². The van der Waals surface area contributed by atoms with Crippen LogP contribution in [0.4, 0.5) is 0 Å². The highest BCUT2D eigenvalue weighted by atomic mass is 32.2. The molecule has 64 valence electrons. The van der Waals surface area contributed by atoms with Crippen LogP contribution in [0.2, 0.25) is 0 Å². The summed E-state index contributed by atoms with van der Waals surface area (Å²) in [6.45, 7) is 2.46. The van der Waals surface area contributed by atoms with E-state index in [1.54, 1.807) is 0 Å². The van der Waals surface area contributed by atoms with Gasteiger partial charge in [0.25, 0.3) is 0 Å². The maximum Gasteiger partial charge on any atom is 0.241 e. The lowest BCUT2D eigenvalue weighted by atomic mass is 10.3. The van der Waals surface area contributed by atoms with Crippen molar-refractivity contribution in [1.29, 1.82) is 0 Å². The van der Waals surface area contributed by atoms with Gasteiger partial charge in [-0.3, -0.25) is 14.5 Å². The van der Waals surface area contributed by atoms with E-state index >= 15 is 0 Å². The van der Waals surface area contributed by atoms with Gasteiger partial charge >= 0.3 is 0 Å². The Morgan fingerprint density at radius 1 is 1.67 bits per heavy atom. The first-order valence-corrected chi connectivity index (χ1v) is 4.84. The fourth-order valence-electron chi connectivity index (χ4n) is 1.22. The lowest BCUT2D eigenvalue weighted by Gasteiger charge is -2.12. The number of hydrogen-bond donors (Lipinski definition) is 0. The van der Waals surface area contributed by atoms with Crippen LogP contribution in [0.5, 0.6) is 0 Å². The van der Waals surface area contributed by atoms with Crippen LogP contribution >= 0.6 is 11.6 Å². The normalized spacial score (nSPS) is 23.8. The second-order valence-electron chi connectivity index (χ2n) is 2.71. The van der Waals surface area contributed by atoms with Crippen molar-refractivity contribution in [3.63, 3.8) is 0 Å². The first-order chi connectivity index (χ1) is 5.70. The minimum absolute atomic E-state index is 0.0928. The summed E-state index contributed by atoms with van der Waals surface area (Å²) >= 11 is 0.962. The van der Waals surface area contributed by atoms with E-state index in [1.165, 1.54) is 4.90 Å². The van der Waals surface area contributed by atoms with E-state index in [0.717, 1.165) is 18.0 Å². The molecule has 1 aliphatic rings. The largest absolute Gasteiger partial charge is 0.282 e. The molecule has 0 aliphatic carbocycles. The Bertz CT molecular complexity index is 210.